The van der Waals surface area contributed by atoms with Gasteiger partial charge in [-0.05, 0) is 35.2 Å². The number of benzene rings is 2. The van der Waals surface area contributed by atoms with Crippen LogP contribution in [0.15, 0.2) is 48.5 Å². The van der Waals surface area contributed by atoms with E-state index in [9.17, 15) is 0 Å². The molecule has 0 saturated carbocycles. The van der Waals surface area contributed by atoms with E-state index in [0.717, 1.165) is 24.3 Å². The van der Waals surface area contributed by atoms with Gasteiger partial charge >= 0.3 is 0 Å². The summed E-state index contributed by atoms with van der Waals surface area (Å²) < 4.78 is 11.2. The molecule has 0 saturated heterocycles. The quantitative estimate of drug-likeness (QED) is 0.931. The van der Waals surface area contributed by atoms with E-state index in [1.165, 1.54) is 11.1 Å². The summed E-state index contributed by atoms with van der Waals surface area (Å²) in [6.45, 7) is 0.722. The molecule has 0 amide bonds. The Labute approximate surface area is 119 Å². The molecule has 3 rings (SSSR count). The van der Waals surface area contributed by atoms with Crippen LogP contribution in [0.5, 0.6) is 5.75 Å². The van der Waals surface area contributed by atoms with Crippen LogP contribution < -0.4 is 10.5 Å². The minimum absolute atomic E-state index is 0.0907. The zero-order valence-corrected chi connectivity index (χ0v) is 11.6. The molecule has 2 atom stereocenters. The molecule has 0 radical (unpaired) electrons. The van der Waals surface area contributed by atoms with E-state index < -0.39 is 0 Å². The summed E-state index contributed by atoms with van der Waals surface area (Å²) in [5, 5.41) is 0. The van der Waals surface area contributed by atoms with Crippen molar-refractivity contribution < 1.29 is 9.47 Å². The van der Waals surface area contributed by atoms with Gasteiger partial charge in [-0.3, -0.25) is 0 Å². The minimum atomic E-state index is -0.188. The molecule has 2 aromatic carbocycles. The van der Waals surface area contributed by atoms with Crippen molar-refractivity contribution in [3.05, 3.63) is 65.2 Å². The first-order valence-corrected chi connectivity index (χ1v) is 6.88. The summed E-state index contributed by atoms with van der Waals surface area (Å²) in [6, 6.07) is 16.1. The molecule has 0 fully saturated rings. The van der Waals surface area contributed by atoms with Crippen LogP contribution in [-0.4, -0.2) is 13.7 Å². The van der Waals surface area contributed by atoms with Crippen LogP contribution in [-0.2, 0) is 11.2 Å². The molecule has 3 heteroatoms. The van der Waals surface area contributed by atoms with Crippen molar-refractivity contribution in [1.82, 2.24) is 0 Å². The molecule has 0 aliphatic carbocycles. The molecule has 20 heavy (non-hydrogen) atoms. The summed E-state index contributed by atoms with van der Waals surface area (Å²) in [4.78, 5) is 0. The lowest BCUT2D eigenvalue weighted by molar-refractivity contribution is 0.0241. The fourth-order valence-corrected chi connectivity index (χ4v) is 2.75. The van der Waals surface area contributed by atoms with Gasteiger partial charge in [0, 0.05) is 0 Å². The second-order valence-corrected chi connectivity index (χ2v) is 5.04. The molecular weight excluding hydrogens is 250 g/mol. The first-order valence-electron chi connectivity index (χ1n) is 6.88. The summed E-state index contributed by atoms with van der Waals surface area (Å²) in [5.41, 5.74) is 10.00. The highest BCUT2D eigenvalue weighted by Gasteiger charge is 2.27. The Kier molecular flexibility index (Phi) is 3.72. The molecule has 0 spiro atoms. The lowest BCUT2D eigenvalue weighted by atomic mass is 9.90. The maximum absolute atomic E-state index is 6.43. The Bertz CT molecular complexity index is 597. The van der Waals surface area contributed by atoms with Crippen molar-refractivity contribution in [2.45, 2.75) is 18.6 Å². The Hall–Kier alpha value is -1.84. The summed E-state index contributed by atoms with van der Waals surface area (Å²) >= 11 is 0. The molecule has 2 N–H and O–H groups in total. The maximum Gasteiger partial charge on any atom is 0.119 e. The van der Waals surface area contributed by atoms with Gasteiger partial charge in [-0.15, -0.1) is 0 Å². The van der Waals surface area contributed by atoms with Crippen LogP contribution in [0.25, 0.3) is 0 Å². The van der Waals surface area contributed by atoms with E-state index in [4.69, 9.17) is 15.2 Å². The smallest absolute Gasteiger partial charge is 0.119 e. The molecule has 3 nitrogen and oxygen atoms in total. The van der Waals surface area contributed by atoms with Gasteiger partial charge in [-0.2, -0.15) is 0 Å². The Morgan fingerprint density at radius 1 is 1.20 bits per heavy atom. The molecule has 1 heterocycles. The number of hydrogen-bond donors (Lipinski definition) is 1. The number of nitrogens with two attached hydrogens (primary N) is 1. The molecule has 0 bridgehead atoms. The zero-order chi connectivity index (χ0) is 13.9. The van der Waals surface area contributed by atoms with E-state index in [-0.39, 0.29) is 12.1 Å². The minimum Gasteiger partial charge on any atom is -0.497 e. The second-order valence-electron chi connectivity index (χ2n) is 5.04. The standard InChI is InChI=1S/C17H19NO2/c1-19-14-7-4-6-13(11-14)16(18)17-15-8-3-2-5-12(15)9-10-20-17/h2-8,11,16-17H,9-10,18H2,1H3. The highest BCUT2D eigenvalue weighted by molar-refractivity contribution is 5.36. The number of ether oxygens (including phenoxy) is 2. The SMILES string of the molecule is COc1cccc(C(N)C2OCCc3ccccc32)c1. The van der Waals surface area contributed by atoms with Crippen LogP contribution >= 0.6 is 0 Å². The van der Waals surface area contributed by atoms with Gasteiger partial charge in [0.2, 0.25) is 0 Å². The highest BCUT2D eigenvalue weighted by Crippen LogP contribution is 2.36. The Morgan fingerprint density at radius 3 is 2.90 bits per heavy atom. The van der Waals surface area contributed by atoms with Crippen LogP contribution in [0, 0.1) is 0 Å². The highest BCUT2D eigenvalue weighted by atomic mass is 16.5. The molecule has 2 unspecified atom stereocenters. The topological polar surface area (TPSA) is 44.5 Å². The van der Waals surface area contributed by atoms with Gasteiger partial charge < -0.3 is 15.2 Å². The molecule has 2 aromatic rings. The largest absolute Gasteiger partial charge is 0.497 e. The maximum atomic E-state index is 6.43. The van der Waals surface area contributed by atoms with Crippen LogP contribution in [0.3, 0.4) is 0 Å². The molecule has 104 valence electrons. The van der Waals surface area contributed by atoms with Gasteiger partial charge in [0.25, 0.3) is 0 Å². The van der Waals surface area contributed by atoms with Gasteiger partial charge in [0.15, 0.2) is 0 Å². The van der Waals surface area contributed by atoms with Crippen molar-refractivity contribution in [1.29, 1.82) is 0 Å². The first kappa shape index (κ1) is 13.2. The predicted molar refractivity (Wildman–Crippen MR) is 78.8 cm³/mol. The molecule has 0 aromatic heterocycles. The van der Waals surface area contributed by atoms with Crippen LogP contribution in [0.2, 0.25) is 0 Å². The number of rotatable bonds is 3. The number of fused-ring (bicyclic) bond motifs is 1. The zero-order valence-electron chi connectivity index (χ0n) is 11.6. The van der Waals surface area contributed by atoms with Crippen molar-refractivity contribution in [3.63, 3.8) is 0 Å². The van der Waals surface area contributed by atoms with Crippen LogP contribution in [0.1, 0.15) is 28.8 Å². The fraction of sp³-hybridized carbons (Fsp3) is 0.294. The normalized spacial score (nSPS) is 19.2. The van der Waals surface area contributed by atoms with E-state index in [2.05, 4.69) is 18.2 Å². The van der Waals surface area contributed by atoms with Crippen molar-refractivity contribution >= 4 is 0 Å². The van der Waals surface area contributed by atoms with E-state index in [0.29, 0.717) is 0 Å². The summed E-state index contributed by atoms with van der Waals surface area (Å²) in [6.07, 6.45) is 0.865. The number of hydrogen-bond acceptors (Lipinski definition) is 3. The van der Waals surface area contributed by atoms with Gasteiger partial charge in [0.1, 0.15) is 11.9 Å². The summed E-state index contributed by atoms with van der Waals surface area (Å²) in [7, 11) is 1.66. The molecule has 1 aliphatic heterocycles. The Morgan fingerprint density at radius 2 is 2.05 bits per heavy atom. The van der Waals surface area contributed by atoms with E-state index >= 15 is 0 Å². The van der Waals surface area contributed by atoms with E-state index in [1.54, 1.807) is 7.11 Å². The third-order valence-corrected chi connectivity index (χ3v) is 3.84. The third kappa shape index (κ3) is 2.42. The number of methoxy groups -OCH3 is 1. The predicted octanol–water partition coefficient (Wildman–Crippen LogP) is 3.01. The second kappa shape index (κ2) is 5.65. The average molecular weight is 269 g/mol. The monoisotopic (exact) mass is 269 g/mol. The van der Waals surface area contributed by atoms with Gasteiger partial charge in [-0.1, -0.05) is 36.4 Å². The van der Waals surface area contributed by atoms with Gasteiger partial charge in [-0.25, -0.2) is 0 Å². The van der Waals surface area contributed by atoms with Crippen LogP contribution in [0.4, 0.5) is 0 Å². The van der Waals surface area contributed by atoms with Crippen molar-refractivity contribution in [2.75, 3.05) is 13.7 Å². The summed E-state index contributed by atoms with van der Waals surface area (Å²) in [5.74, 6) is 0.821. The molecular formula is C17H19NO2. The Balaban J connectivity index is 1.93. The lowest BCUT2D eigenvalue weighted by Crippen LogP contribution is -2.27. The van der Waals surface area contributed by atoms with Gasteiger partial charge in [0.05, 0.1) is 19.8 Å². The average Bonchev–Trinajstić information content (AvgIpc) is 2.53. The van der Waals surface area contributed by atoms with Crippen molar-refractivity contribution in [3.8, 4) is 5.75 Å². The lowest BCUT2D eigenvalue weighted by Gasteiger charge is -2.30. The third-order valence-electron chi connectivity index (χ3n) is 3.84. The van der Waals surface area contributed by atoms with E-state index in [1.807, 2.05) is 30.3 Å². The first-order chi connectivity index (χ1) is 9.79. The molecule has 1 aliphatic rings. The fourth-order valence-electron chi connectivity index (χ4n) is 2.75. The van der Waals surface area contributed by atoms with Crippen molar-refractivity contribution in [2.24, 2.45) is 5.73 Å².